The molecule has 1 heterocycles. The maximum atomic E-state index is 13.4. The topological polar surface area (TPSA) is 9.23 Å². The predicted octanol–water partition coefficient (Wildman–Crippen LogP) is 3.28. The summed E-state index contributed by atoms with van der Waals surface area (Å²) in [5.74, 6) is -0.405. The molecule has 0 saturated carbocycles. The van der Waals surface area contributed by atoms with Crippen molar-refractivity contribution >= 4 is 11.6 Å². The van der Waals surface area contributed by atoms with Gasteiger partial charge in [-0.3, -0.25) is 0 Å². The van der Waals surface area contributed by atoms with E-state index in [2.05, 4.69) is 0 Å². The minimum absolute atomic E-state index is 0.0722. The second-order valence-electron chi connectivity index (χ2n) is 3.66. The molecular formula is C11H11ClF2O. The molecule has 2 atom stereocenters. The van der Waals surface area contributed by atoms with Crippen molar-refractivity contribution in [3.8, 4) is 0 Å². The van der Waals surface area contributed by atoms with E-state index >= 15 is 0 Å². The van der Waals surface area contributed by atoms with Crippen molar-refractivity contribution in [1.82, 2.24) is 0 Å². The first-order valence-electron chi connectivity index (χ1n) is 4.85. The molecule has 0 aliphatic carbocycles. The maximum Gasteiger partial charge on any atom is 0.129 e. The smallest absolute Gasteiger partial charge is 0.129 e. The Kier molecular flexibility index (Phi) is 3.22. The van der Waals surface area contributed by atoms with Crippen LogP contribution in [0.15, 0.2) is 18.2 Å². The highest BCUT2D eigenvalue weighted by atomic mass is 35.5. The van der Waals surface area contributed by atoms with Crippen LogP contribution in [-0.2, 0) is 4.74 Å². The quantitative estimate of drug-likeness (QED) is 0.711. The van der Waals surface area contributed by atoms with Crippen molar-refractivity contribution in [2.75, 3.05) is 12.5 Å². The summed E-state index contributed by atoms with van der Waals surface area (Å²) in [6, 6.07) is 3.41. The van der Waals surface area contributed by atoms with Crippen molar-refractivity contribution in [3.63, 3.8) is 0 Å². The van der Waals surface area contributed by atoms with Crippen LogP contribution in [0.1, 0.15) is 18.1 Å². The molecule has 1 aliphatic rings. The van der Waals surface area contributed by atoms with E-state index in [1.807, 2.05) is 0 Å². The Morgan fingerprint density at radius 2 is 2.20 bits per heavy atom. The van der Waals surface area contributed by atoms with E-state index in [4.69, 9.17) is 16.3 Å². The second kappa shape index (κ2) is 4.45. The molecule has 1 saturated heterocycles. The molecule has 1 aliphatic heterocycles. The Morgan fingerprint density at radius 1 is 1.40 bits per heavy atom. The van der Waals surface area contributed by atoms with E-state index in [-0.39, 0.29) is 11.5 Å². The van der Waals surface area contributed by atoms with Crippen LogP contribution in [0.2, 0.25) is 0 Å². The molecule has 0 aromatic heterocycles. The van der Waals surface area contributed by atoms with Gasteiger partial charge in [0, 0.05) is 24.0 Å². The molecule has 15 heavy (non-hydrogen) atoms. The van der Waals surface area contributed by atoms with Crippen LogP contribution in [0.5, 0.6) is 0 Å². The maximum absolute atomic E-state index is 13.4. The Morgan fingerprint density at radius 3 is 2.93 bits per heavy atom. The number of alkyl halides is 1. The highest BCUT2D eigenvalue weighted by molar-refractivity contribution is 6.18. The zero-order valence-corrected chi connectivity index (χ0v) is 8.81. The molecule has 1 aromatic carbocycles. The third-order valence-electron chi connectivity index (χ3n) is 2.68. The van der Waals surface area contributed by atoms with E-state index in [0.717, 1.165) is 18.6 Å². The Balaban J connectivity index is 2.31. The zero-order valence-electron chi connectivity index (χ0n) is 8.05. The Labute approximate surface area is 92.0 Å². The number of hydrogen-bond donors (Lipinski definition) is 0. The number of ether oxygens (including phenoxy) is 1. The fraction of sp³-hybridized carbons (Fsp3) is 0.455. The van der Waals surface area contributed by atoms with Gasteiger partial charge < -0.3 is 4.74 Å². The van der Waals surface area contributed by atoms with Gasteiger partial charge in [-0.25, -0.2) is 8.78 Å². The van der Waals surface area contributed by atoms with Crippen LogP contribution >= 0.6 is 11.6 Å². The molecule has 0 spiro atoms. The first-order chi connectivity index (χ1) is 7.22. The van der Waals surface area contributed by atoms with E-state index in [0.29, 0.717) is 12.5 Å². The molecule has 0 N–H and O–H groups in total. The van der Waals surface area contributed by atoms with Crippen LogP contribution in [-0.4, -0.2) is 12.5 Å². The largest absolute Gasteiger partial charge is 0.373 e. The zero-order chi connectivity index (χ0) is 10.8. The molecule has 0 bridgehead atoms. The summed E-state index contributed by atoms with van der Waals surface area (Å²) in [6.07, 6.45) is 0.391. The average molecular weight is 233 g/mol. The minimum atomic E-state index is -0.449. The van der Waals surface area contributed by atoms with Crippen LogP contribution in [0.3, 0.4) is 0 Å². The number of benzene rings is 1. The monoisotopic (exact) mass is 232 g/mol. The molecule has 1 nitrogen and oxygen atoms in total. The van der Waals surface area contributed by atoms with E-state index < -0.39 is 17.7 Å². The fourth-order valence-corrected chi connectivity index (χ4v) is 2.18. The van der Waals surface area contributed by atoms with Gasteiger partial charge in [0.05, 0.1) is 6.10 Å². The lowest BCUT2D eigenvalue weighted by molar-refractivity contribution is 0.0918. The summed E-state index contributed by atoms with van der Waals surface area (Å²) in [7, 11) is 0. The van der Waals surface area contributed by atoms with Gasteiger partial charge in [0.15, 0.2) is 0 Å². The highest BCUT2D eigenvalue weighted by Crippen LogP contribution is 2.36. The summed E-state index contributed by atoms with van der Waals surface area (Å²) < 4.78 is 31.8. The van der Waals surface area contributed by atoms with E-state index in [1.54, 1.807) is 0 Å². The summed E-state index contributed by atoms with van der Waals surface area (Å²) in [4.78, 5) is 0. The molecule has 4 heteroatoms. The lowest BCUT2D eigenvalue weighted by Crippen LogP contribution is -2.11. The third-order valence-corrected chi connectivity index (χ3v) is 3.07. The normalized spacial score (nSPS) is 25.8. The van der Waals surface area contributed by atoms with Gasteiger partial charge in [-0.05, 0) is 24.6 Å². The summed E-state index contributed by atoms with van der Waals surface area (Å²) in [5, 5.41) is 0. The highest BCUT2D eigenvalue weighted by Gasteiger charge is 2.31. The van der Waals surface area contributed by atoms with Crippen molar-refractivity contribution < 1.29 is 13.5 Å². The Hall–Kier alpha value is -0.670. The number of hydrogen-bond acceptors (Lipinski definition) is 1. The number of rotatable bonds is 2. The van der Waals surface area contributed by atoms with Gasteiger partial charge >= 0.3 is 0 Å². The molecule has 82 valence electrons. The summed E-state index contributed by atoms with van der Waals surface area (Å²) >= 11 is 5.75. The Bertz CT molecular complexity index is 356. The molecule has 0 amide bonds. The second-order valence-corrected chi connectivity index (χ2v) is 3.97. The first kappa shape index (κ1) is 10.8. The predicted molar refractivity (Wildman–Crippen MR) is 53.9 cm³/mol. The van der Waals surface area contributed by atoms with Crippen molar-refractivity contribution in [1.29, 1.82) is 0 Å². The van der Waals surface area contributed by atoms with Gasteiger partial charge in [-0.15, -0.1) is 11.6 Å². The van der Waals surface area contributed by atoms with Gasteiger partial charge in [0.1, 0.15) is 11.6 Å². The van der Waals surface area contributed by atoms with Crippen molar-refractivity contribution in [3.05, 3.63) is 35.4 Å². The SMILES string of the molecule is Fc1ccc(F)c(C2OCCC2CCl)c1. The summed E-state index contributed by atoms with van der Waals surface area (Å²) in [6.45, 7) is 0.554. The van der Waals surface area contributed by atoms with Gasteiger partial charge in [0.25, 0.3) is 0 Å². The van der Waals surface area contributed by atoms with Crippen LogP contribution < -0.4 is 0 Å². The minimum Gasteiger partial charge on any atom is -0.373 e. The first-order valence-corrected chi connectivity index (χ1v) is 5.38. The molecule has 1 aromatic rings. The van der Waals surface area contributed by atoms with Crippen molar-refractivity contribution in [2.45, 2.75) is 12.5 Å². The number of halogens is 3. The van der Waals surface area contributed by atoms with Crippen LogP contribution in [0.25, 0.3) is 0 Å². The van der Waals surface area contributed by atoms with Crippen molar-refractivity contribution in [2.24, 2.45) is 5.92 Å². The fourth-order valence-electron chi connectivity index (χ4n) is 1.87. The lowest BCUT2D eigenvalue weighted by Gasteiger charge is -2.17. The standard InChI is InChI=1S/C11H11ClF2O/c12-6-7-3-4-15-11(7)9-5-8(13)1-2-10(9)14/h1-2,5,7,11H,3-4,6H2. The van der Waals surface area contributed by atoms with Gasteiger partial charge in [-0.1, -0.05) is 0 Å². The molecular weight excluding hydrogens is 222 g/mol. The molecule has 0 radical (unpaired) electrons. The van der Waals surface area contributed by atoms with E-state index in [9.17, 15) is 8.78 Å². The summed E-state index contributed by atoms with van der Waals surface area (Å²) in [5.41, 5.74) is 0.276. The third kappa shape index (κ3) is 2.13. The van der Waals surface area contributed by atoms with Gasteiger partial charge in [-0.2, -0.15) is 0 Å². The average Bonchev–Trinajstić information content (AvgIpc) is 2.69. The molecule has 2 unspecified atom stereocenters. The van der Waals surface area contributed by atoms with Crippen LogP contribution in [0, 0.1) is 17.6 Å². The lowest BCUT2D eigenvalue weighted by atomic mass is 9.96. The molecule has 2 rings (SSSR count). The van der Waals surface area contributed by atoms with E-state index in [1.165, 1.54) is 6.07 Å². The van der Waals surface area contributed by atoms with Crippen LogP contribution in [0.4, 0.5) is 8.78 Å². The van der Waals surface area contributed by atoms with Gasteiger partial charge in [0.2, 0.25) is 0 Å². The molecule has 1 fully saturated rings.